The molecule has 3 rings (SSSR count). The summed E-state index contributed by atoms with van der Waals surface area (Å²) in [5, 5.41) is 0. The summed E-state index contributed by atoms with van der Waals surface area (Å²) in [6.45, 7) is 1.94. The zero-order chi connectivity index (χ0) is 18.7. The summed E-state index contributed by atoms with van der Waals surface area (Å²) in [7, 11) is -2.01. The van der Waals surface area contributed by atoms with E-state index >= 15 is 0 Å². The maximum Gasteiger partial charge on any atom is 0.206 e. The Balaban J connectivity index is 2.06. The van der Waals surface area contributed by atoms with Crippen molar-refractivity contribution in [1.29, 1.82) is 0 Å². The van der Waals surface area contributed by atoms with Gasteiger partial charge in [-0.2, -0.15) is 11.8 Å². The fourth-order valence-electron chi connectivity index (χ4n) is 2.92. The van der Waals surface area contributed by atoms with Gasteiger partial charge in [0.15, 0.2) is 0 Å². The van der Waals surface area contributed by atoms with Gasteiger partial charge < -0.3 is 9.47 Å². The second-order valence-electron chi connectivity index (χ2n) is 6.20. The Hall–Kier alpha value is -1.92. The Morgan fingerprint density at radius 3 is 2.35 bits per heavy atom. The molecule has 2 aromatic rings. The largest absolute Gasteiger partial charge is 0.497 e. The van der Waals surface area contributed by atoms with E-state index in [4.69, 9.17) is 9.47 Å². The molecule has 1 heterocycles. The minimum atomic E-state index is -3.61. The highest BCUT2D eigenvalue weighted by Crippen LogP contribution is 2.39. The van der Waals surface area contributed by atoms with Crippen molar-refractivity contribution in [3.63, 3.8) is 0 Å². The van der Waals surface area contributed by atoms with Crippen LogP contribution >= 0.6 is 11.8 Å². The lowest BCUT2D eigenvalue weighted by Gasteiger charge is -2.12. The van der Waals surface area contributed by atoms with Gasteiger partial charge in [-0.1, -0.05) is 17.7 Å². The van der Waals surface area contributed by atoms with Gasteiger partial charge >= 0.3 is 0 Å². The fraction of sp³-hybridized carbons (Fsp3) is 0.300. The van der Waals surface area contributed by atoms with E-state index in [1.807, 2.05) is 49.6 Å². The summed E-state index contributed by atoms with van der Waals surface area (Å²) in [6.07, 6.45) is 2.23. The first-order valence-electron chi connectivity index (χ1n) is 8.30. The maximum absolute atomic E-state index is 13.2. The maximum atomic E-state index is 13.2. The lowest BCUT2D eigenvalue weighted by atomic mass is 10.1. The summed E-state index contributed by atoms with van der Waals surface area (Å²) in [5.74, 6) is 1.91. The Bertz CT molecular complexity index is 898. The first-order valence-corrected chi connectivity index (χ1v) is 11.2. The molecular formula is C20H22O4S2. The molecule has 0 fully saturated rings. The fourth-order valence-corrected chi connectivity index (χ4v) is 5.07. The zero-order valence-corrected chi connectivity index (χ0v) is 16.7. The lowest BCUT2D eigenvalue weighted by Crippen LogP contribution is -2.11. The summed E-state index contributed by atoms with van der Waals surface area (Å²) in [4.78, 5) is 0.656. The van der Waals surface area contributed by atoms with Gasteiger partial charge in [0, 0.05) is 17.7 Å². The van der Waals surface area contributed by atoms with Gasteiger partial charge in [0.05, 0.1) is 16.9 Å². The third kappa shape index (κ3) is 3.76. The van der Waals surface area contributed by atoms with E-state index in [2.05, 4.69) is 0 Å². The zero-order valence-electron chi connectivity index (χ0n) is 15.1. The molecule has 0 aromatic heterocycles. The van der Waals surface area contributed by atoms with Crippen LogP contribution in [0.4, 0.5) is 0 Å². The highest BCUT2D eigenvalue weighted by molar-refractivity contribution is 7.98. The molecule has 2 aromatic carbocycles. The summed E-state index contributed by atoms with van der Waals surface area (Å²) >= 11 is 1.65. The predicted molar refractivity (Wildman–Crippen MR) is 106 cm³/mol. The van der Waals surface area contributed by atoms with E-state index in [0.29, 0.717) is 22.0 Å². The number of benzene rings is 2. The molecule has 0 radical (unpaired) electrons. The number of thioether (sulfide) groups is 1. The van der Waals surface area contributed by atoms with Crippen molar-refractivity contribution in [3.05, 3.63) is 64.6 Å². The van der Waals surface area contributed by atoms with Gasteiger partial charge in [-0.05, 0) is 49.6 Å². The second kappa shape index (κ2) is 7.76. The van der Waals surface area contributed by atoms with Crippen LogP contribution in [0.3, 0.4) is 0 Å². The number of ether oxygens (including phenoxy) is 2. The van der Waals surface area contributed by atoms with E-state index in [-0.39, 0.29) is 6.10 Å². The van der Waals surface area contributed by atoms with E-state index in [1.54, 1.807) is 31.0 Å². The summed E-state index contributed by atoms with van der Waals surface area (Å²) in [5.41, 5.74) is 1.77. The first-order chi connectivity index (χ1) is 12.5. The van der Waals surface area contributed by atoms with Gasteiger partial charge in [-0.15, -0.1) is 0 Å². The topological polar surface area (TPSA) is 52.6 Å². The van der Waals surface area contributed by atoms with Crippen LogP contribution in [0.2, 0.25) is 0 Å². The molecule has 4 nitrogen and oxygen atoms in total. The average Bonchev–Trinajstić information content (AvgIpc) is 3.07. The quantitative estimate of drug-likeness (QED) is 0.736. The van der Waals surface area contributed by atoms with Crippen molar-refractivity contribution in [1.82, 2.24) is 0 Å². The highest BCUT2D eigenvalue weighted by atomic mass is 32.2. The van der Waals surface area contributed by atoms with Crippen LogP contribution in [0.5, 0.6) is 5.75 Å². The SMILES string of the molecule is COc1ccc(C2=C(S(=O)(=O)c3ccc(C)cc3)CC(CSC)O2)cc1. The van der Waals surface area contributed by atoms with Crippen molar-refractivity contribution in [3.8, 4) is 5.75 Å². The van der Waals surface area contributed by atoms with E-state index in [9.17, 15) is 8.42 Å². The van der Waals surface area contributed by atoms with E-state index < -0.39 is 9.84 Å². The molecule has 1 atom stereocenters. The van der Waals surface area contributed by atoms with Crippen molar-refractivity contribution in [2.75, 3.05) is 19.1 Å². The second-order valence-corrected chi connectivity index (χ2v) is 9.08. The third-order valence-electron chi connectivity index (χ3n) is 4.31. The number of sulfone groups is 1. The van der Waals surface area contributed by atoms with Crippen molar-refractivity contribution in [2.45, 2.75) is 24.3 Å². The molecule has 1 aliphatic heterocycles. The molecule has 138 valence electrons. The van der Waals surface area contributed by atoms with E-state index in [1.165, 1.54) is 0 Å². The third-order valence-corrected chi connectivity index (χ3v) is 6.91. The Morgan fingerprint density at radius 1 is 1.12 bits per heavy atom. The van der Waals surface area contributed by atoms with Gasteiger partial charge in [0.2, 0.25) is 9.84 Å². The molecule has 0 spiro atoms. The average molecular weight is 391 g/mol. The Labute approximate surface area is 159 Å². The van der Waals surface area contributed by atoms with Crippen LogP contribution in [0.15, 0.2) is 58.3 Å². The number of hydrogen-bond acceptors (Lipinski definition) is 5. The molecule has 1 unspecified atom stereocenters. The minimum Gasteiger partial charge on any atom is -0.497 e. The van der Waals surface area contributed by atoms with Crippen molar-refractivity contribution < 1.29 is 17.9 Å². The van der Waals surface area contributed by atoms with Crippen LogP contribution in [0.1, 0.15) is 17.5 Å². The number of aryl methyl sites for hydroxylation is 1. The van der Waals surface area contributed by atoms with Gasteiger partial charge in [-0.25, -0.2) is 8.42 Å². The van der Waals surface area contributed by atoms with Gasteiger partial charge in [0.25, 0.3) is 0 Å². The van der Waals surface area contributed by atoms with Crippen LogP contribution in [0.25, 0.3) is 5.76 Å². The number of methoxy groups -OCH3 is 1. The monoisotopic (exact) mass is 390 g/mol. The number of hydrogen-bond donors (Lipinski definition) is 0. The first kappa shape index (κ1) is 18.9. The Morgan fingerprint density at radius 2 is 1.77 bits per heavy atom. The highest BCUT2D eigenvalue weighted by Gasteiger charge is 2.35. The lowest BCUT2D eigenvalue weighted by molar-refractivity contribution is 0.215. The predicted octanol–water partition coefficient (Wildman–Crippen LogP) is 4.30. The van der Waals surface area contributed by atoms with Crippen LogP contribution < -0.4 is 4.74 Å². The van der Waals surface area contributed by atoms with E-state index in [0.717, 1.165) is 22.6 Å². The molecule has 6 heteroatoms. The number of rotatable bonds is 6. The smallest absolute Gasteiger partial charge is 0.206 e. The van der Waals surface area contributed by atoms with Crippen LogP contribution in [0, 0.1) is 6.92 Å². The van der Waals surface area contributed by atoms with Gasteiger partial charge in [0.1, 0.15) is 17.6 Å². The molecule has 0 bridgehead atoms. The molecule has 0 aliphatic carbocycles. The molecule has 1 aliphatic rings. The summed E-state index contributed by atoms with van der Waals surface area (Å²) < 4.78 is 37.7. The van der Waals surface area contributed by atoms with Crippen LogP contribution in [-0.4, -0.2) is 33.6 Å². The van der Waals surface area contributed by atoms with Crippen molar-refractivity contribution in [2.24, 2.45) is 0 Å². The standard InChI is InChI=1S/C20H22O4S2/c1-14-4-10-18(11-5-14)26(21,22)19-12-17(13-25-3)24-20(19)15-6-8-16(23-2)9-7-15/h4-11,17H,12-13H2,1-3H3. The molecule has 0 N–H and O–H groups in total. The molecule has 0 amide bonds. The van der Waals surface area contributed by atoms with Crippen LogP contribution in [-0.2, 0) is 14.6 Å². The van der Waals surface area contributed by atoms with Crippen molar-refractivity contribution >= 4 is 27.4 Å². The molecule has 0 saturated carbocycles. The Kier molecular flexibility index (Phi) is 5.63. The normalized spacial score (nSPS) is 17.3. The summed E-state index contributed by atoms with van der Waals surface area (Å²) in [6, 6.07) is 14.2. The minimum absolute atomic E-state index is 0.141. The molecule has 0 saturated heterocycles. The molecular weight excluding hydrogens is 368 g/mol. The molecule has 26 heavy (non-hydrogen) atoms. The van der Waals surface area contributed by atoms with Gasteiger partial charge in [-0.3, -0.25) is 0 Å².